The van der Waals surface area contributed by atoms with Gasteiger partial charge >= 0.3 is 0 Å². The first-order valence-electron chi connectivity index (χ1n) is 6.06. The lowest BCUT2D eigenvalue weighted by Gasteiger charge is -2.14. The predicted octanol–water partition coefficient (Wildman–Crippen LogP) is 2.93. The molecule has 1 aromatic carbocycles. The van der Waals surface area contributed by atoms with Gasteiger partial charge in [-0.15, -0.1) is 11.8 Å². The maximum absolute atomic E-state index is 12.3. The lowest BCUT2D eigenvalue weighted by Crippen LogP contribution is -2.27. The molecule has 2 rings (SSSR count). The van der Waals surface area contributed by atoms with E-state index in [1.807, 2.05) is 38.3 Å². The third kappa shape index (κ3) is 3.17. The van der Waals surface area contributed by atoms with Crippen LogP contribution >= 0.6 is 11.8 Å². The van der Waals surface area contributed by atoms with Gasteiger partial charge in [0.2, 0.25) is 0 Å². The van der Waals surface area contributed by atoms with Gasteiger partial charge in [-0.05, 0) is 37.8 Å². The molecule has 4 nitrogen and oxygen atoms in total. The van der Waals surface area contributed by atoms with E-state index in [1.165, 1.54) is 0 Å². The fourth-order valence-corrected chi connectivity index (χ4v) is 2.27. The molecule has 0 radical (unpaired) electrons. The molecule has 1 atom stereocenters. The first kappa shape index (κ1) is 13.7. The second kappa shape index (κ2) is 5.93. The largest absolute Gasteiger partial charge is 0.345 e. The standard InChI is InChI=1S/C14H17N3OS/c1-9-4-5-12(19-3)6-13(9)14(18)17-10(2)11-7-15-16-8-11/h4-8,10H,1-3H3,(H,15,16)(H,17,18). The van der Waals surface area contributed by atoms with E-state index in [0.717, 1.165) is 21.6 Å². The van der Waals surface area contributed by atoms with E-state index in [1.54, 1.807) is 24.2 Å². The van der Waals surface area contributed by atoms with Gasteiger partial charge < -0.3 is 5.32 Å². The molecule has 0 saturated carbocycles. The van der Waals surface area contributed by atoms with E-state index in [2.05, 4.69) is 15.5 Å². The van der Waals surface area contributed by atoms with Gasteiger partial charge in [0.1, 0.15) is 0 Å². The number of rotatable bonds is 4. The van der Waals surface area contributed by atoms with Gasteiger partial charge in [0.05, 0.1) is 12.2 Å². The summed E-state index contributed by atoms with van der Waals surface area (Å²) in [4.78, 5) is 13.4. The quantitative estimate of drug-likeness (QED) is 0.843. The van der Waals surface area contributed by atoms with Gasteiger partial charge in [0, 0.05) is 22.2 Å². The van der Waals surface area contributed by atoms with Crippen LogP contribution in [0.1, 0.15) is 34.5 Å². The molecule has 100 valence electrons. The van der Waals surface area contributed by atoms with Crippen molar-refractivity contribution in [2.45, 2.75) is 24.8 Å². The third-order valence-electron chi connectivity index (χ3n) is 3.06. The minimum Gasteiger partial charge on any atom is -0.345 e. The Morgan fingerprint density at radius 2 is 2.26 bits per heavy atom. The number of benzene rings is 1. The molecule has 2 N–H and O–H groups in total. The summed E-state index contributed by atoms with van der Waals surface area (Å²) in [6.45, 7) is 3.89. The van der Waals surface area contributed by atoms with Crippen LogP contribution in [0.15, 0.2) is 35.5 Å². The number of hydrogen-bond donors (Lipinski definition) is 2. The molecular weight excluding hydrogens is 258 g/mol. The average Bonchev–Trinajstić information content (AvgIpc) is 2.93. The smallest absolute Gasteiger partial charge is 0.252 e. The van der Waals surface area contributed by atoms with Gasteiger partial charge in [-0.3, -0.25) is 9.89 Å². The Balaban J connectivity index is 2.16. The molecule has 1 aromatic heterocycles. The van der Waals surface area contributed by atoms with Gasteiger partial charge in [0.25, 0.3) is 5.91 Å². The zero-order valence-corrected chi connectivity index (χ0v) is 12.0. The topological polar surface area (TPSA) is 57.8 Å². The van der Waals surface area contributed by atoms with Crippen molar-refractivity contribution in [1.29, 1.82) is 0 Å². The molecule has 2 aromatic rings. The number of hydrogen-bond acceptors (Lipinski definition) is 3. The molecule has 5 heteroatoms. The van der Waals surface area contributed by atoms with Crippen molar-refractivity contribution in [2.75, 3.05) is 6.26 Å². The van der Waals surface area contributed by atoms with Crippen molar-refractivity contribution in [3.63, 3.8) is 0 Å². The summed E-state index contributed by atoms with van der Waals surface area (Å²) in [6, 6.07) is 5.86. The van der Waals surface area contributed by atoms with Gasteiger partial charge in [-0.1, -0.05) is 6.07 Å². The minimum atomic E-state index is -0.0661. The zero-order chi connectivity index (χ0) is 13.8. The first-order valence-corrected chi connectivity index (χ1v) is 7.28. The fraction of sp³-hybridized carbons (Fsp3) is 0.286. The number of nitrogens with zero attached hydrogens (tertiary/aromatic N) is 1. The number of aryl methyl sites for hydroxylation is 1. The molecule has 0 bridgehead atoms. The third-order valence-corrected chi connectivity index (χ3v) is 3.78. The number of carbonyl (C=O) groups excluding carboxylic acids is 1. The maximum atomic E-state index is 12.3. The Labute approximate surface area is 117 Å². The van der Waals surface area contributed by atoms with Crippen LogP contribution in [0.4, 0.5) is 0 Å². The van der Waals surface area contributed by atoms with Gasteiger partial charge in [0.15, 0.2) is 0 Å². The lowest BCUT2D eigenvalue weighted by atomic mass is 10.1. The highest BCUT2D eigenvalue weighted by Crippen LogP contribution is 2.20. The molecule has 0 spiro atoms. The number of carbonyl (C=O) groups is 1. The SMILES string of the molecule is CSc1ccc(C)c(C(=O)NC(C)c2cn[nH]c2)c1. The second-order valence-corrected chi connectivity index (χ2v) is 5.29. The van der Waals surface area contributed by atoms with Crippen LogP contribution in [0.25, 0.3) is 0 Å². The summed E-state index contributed by atoms with van der Waals surface area (Å²) < 4.78 is 0. The van der Waals surface area contributed by atoms with Crippen LogP contribution < -0.4 is 5.32 Å². The van der Waals surface area contributed by atoms with Crippen molar-refractivity contribution >= 4 is 17.7 Å². The Hall–Kier alpha value is -1.75. The summed E-state index contributed by atoms with van der Waals surface area (Å²) in [6.07, 6.45) is 5.51. The monoisotopic (exact) mass is 275 g/mol. The van der Waals surface area contributed by atoms with Crippen LogP contribution in [-0.4, -0.2) is 22.4 Å². The summed E-state index contributed by atoms with van der Waals surface area (Å²) >= 11 is 1.63. The van der Waals surface area contributed by atoms with Crippen molar-refractivity contribution in [3.05, 3.63) is 47.3 Å². The lowest BCUT2D eigenvalue weighted by molar-refractivity contribution is 0.0939. The second-order valence-electron chi connectivity index (χ2n) is 4.41. The van der Waals surface area contributed by atoms with E-state index in [-0.39, 0.29) is 11.9 Å². The summed E-state index contributed by atoms with van der Waals surface area (Å²) in [7, 11) is 0. The highest BCUT2D eigenvalue weighted by atomic mass is 32.2. The van der Waals surface area contributed by atoms with E-state index < -0.39 is 0 Å². The predicted molar refractivity (Wildman–Crippen MR) is 77.4 cm³/mol. The molecule has 1 heterocycles. The van der Waals surface area contributed by atoms with E-state index >= 15 is 0 Å². The number of H-pyrrole nitrogens is 1. The highest BCUT2D eigenvalue weighted by molar-refractivity contribution is 7.98. The number of amides is 1. The molecular formula is C14H17N3OS. The first-order chi connectivity index (χ1) is 9.11. The fourth-order valence-electron chi connectivity index (χ4n) is 1.83. The minimum absolute atomic E-state index is 0.0536. The summed E-state index contributed by atoms with van der Waals surface area (Å²) in [5.41, 5.74) is 2.67. The normalized spacial score (nSPS) is 12.2. The van der Waals surface area contributed by atoms with Crippen LogP contribution in [0.2, 0.25) is 0 Å². The summed E-state index contributed by atoms with van der Waals surface area (Å²) in [5.74, 6) is -0.0536. The number of aromatic amines is 1. The molecule has 0 saturated heterocycles. The Kier molecular flexibility index (Phi) is 4.27. The summed E-state index contributed by atoms with van der Waals surface area (Å²) in [5, 5.41) is 9.62. The van der Waals surface area contributed by atoms with Crippen molar-refractivity contribution < 1.29 is 4.79 Å². The van der Waals surface area contributed by atoms with Crippen molar-refractivity contribution in [3.8, 4) is 0 Å². The Bertz CT molecular complexity index is 566. The number of aromatic nitrogens is 2. The molecule has 0 aliphatic rings. The maximum Gasteiger partial charge on any atom is 0.252 e. The average molecular weight is 275 g/mol. The molecule has 0 aliphatic carbocycles. The van der Waals surface area contributed by atoms with Crippen LogP contribution in [0.5, 0.6) is 0 Å². The highest BCUT2D eigenvalue weighted by Gasteiger charge is 2.14. The molecule has 1 unspecified atom stereocenters. The Morgan fingerprint density at radius 3 is 2.89 bits per heavy atom. The Morgan fingerprint density at radius 1 is 1.47 bits per heavy atom. The van der Waals surface area contributed by atoms with E-state index in [0.29, 0.717) is 0 Å². The molecule has 0 fully saturated rings. The van der Waals surface area contributed by atoms with Crippen molar-refractivity contribution in [1.82, 2.24) is 15.5 Å². The zero-order valence-electron chi connectivity index (χ0n) is 11.2. The van der Waals surface area contributed by atoms with Crippen LogP contribution in [0.3, 0.4) is 0 Å². The van der Waals surface area contributed by atoms with Gasteiger partial charge in [-0.2, -0.15) is 5.10 Å². The van der Waals surface area contributed by atoms with Crippen LogP contribution in [0, 0.1) is 6.92 Å². The van der Waals surface area contributed by atoms with E-state index in [4.69, 9.17) is 0 Å². The molecule has 19 heavy (non-hydrogen) atoms. The molecule has 1 amide bonds. The number of nitrogens with one attached hydrogen (secondary N) is 2. The molecule has 0 aliphatic heterocycles. The number of thioether (sulfide) groups is 1. The van der Waals surface area contributed by atoms with Crippen molar-refractivity contribution in [2.24, 2.45) is 0 Å². The van der Waals surface area contributed by atoms with E-state index in [9.17, 15) is 4.79 Å². The van der Waals surface area contributed by atoms with Gasteiger partial charge in [-0.25, -0.2) is 0 Å². The van der Waals surface area contributed by atoms with Crippen LogP contribution in [-0.2, 0) is 0 Å².